The lowest BCUT2D eigenvalue weighted by molar-refractivity contribution is 0.613. The van der Waals surface area contributed by atoms with Crippen LogP contribution in [0.25, 0.3) is 27.6 Å². The number of nitrogens with two attached hydrogens (primary N) is 1. The molecule has 1 aromatic heterocycles. The van der Waals surface area contributed by atoms with Gasteiger partial charge in [0, 0.05) is 41.0 Å². The molecule has 0 aliphatic heterocycles. The highest BCUT2D eigenvalue weighted by Gasteiger charge is 2.14. The summed E-state index contributed by atoms with van der Waals surface area (Å²) in [6, 6.07) is 17.0. The third kappa shape index (κ3) is 6.05. The molecular formula is C29H34N4. The van der Waals surface area contributed by atoms with Gasteiger partial charge < -0.3 is 16.0 Å². The Hall–Kier alpha value is -3.97. The SMILES string of the molecule is C=CCC(CC)C(/C=C(\C#N)c1c[nH]c2ccc(-c3ccccc3NC)cc12)=C\C.C=CN. The number of nitrogens with zero attached hydrogens (tertiary/aromatic N) is 1. The molecule has 2 aromatic carbocycles. The normalized spacial score (nSPS) is 12.3. The maximum Gasteiger partial charge on any atom is 0.0998 e. The molecule has 1 atom stereocenters. The molecule has 0 amide bonds. The zero-order valence-electron chi connectivity index (χ0n) is 19.9. The molecule has 4 N–H and O–H groups in total. The zero-order chi connectivity index (χ0) is 24.2. The Bertz CT molecular complexity index is 1190. The van der Waals surface area contributed by atoms with Crippen LogP contribution in [0.1, 0.15) is 32.3 Å². The minimum absolute atomic E-state index is 0.374. The van der Waals surface area contributed by atoms with Crippen LogP contribution in [-0.2, 0) is 0 Å². The number of benzene rings is 2. The Morgan fingerprint density at radius 3 is 2.58 bits per heavy atom. The molecular weight excluding hydrogens is 404 g/mol. The molecule has 3 aromatic rings. The van der Waals surface area contributed by atoms with Gasteiger partial charge in [0.1, 0.15) is 0 Å². The Labute approximate surface area is 197 Å². The molecule has 0 spiro atoms. The lowest BCUT2D eigenvalue weighted by Crippen LogP contribution is -2.00. The summed E-state index contributed by atoms with van der Waals surface area (Å²) in [5.41, 5.74) is 11.8. The second-order valence-electron chi connectivity index (χ2n) is 7.58. The smallest absolute Gasteiger partial charge is 0.0998 e. The number of aromatic amines is 1. The lowest BCUT2D eigenvalue weighted by atomic mass is 9.90. The van der Waals surface area contributed by atoms with Crippen molar-refractivity contribution in [3.8, 4) is 17.2 Å². The number of anilines is 1. The molecule has 0 aliphatic rings. The van der Waals surface area contributed by atoms with Crippen molar-refractivity contribution in [1.29, 1.82) is 5.26 Å². The average molecular weight is 439 g/mol. The fourth-order valence-electron chi connectivity index (χ4n) is 3.98. The third-order valence-electron chi connectivity index (χ3n) is 5.66. The monoisotopic (exact) mass is 438 g/mol. The van der Waals surface area contributed by atoms with E-state index in [1.54, 1.807) is 0 Å². The molecule has 4 nitrogen and oxygen atoms in total. The van der Waals surface area contributed by atoms with Crippen molar-refractivity contribution in [2.75, 3.05) is 12.4 Å². The molecule has 0 saturated heterocycles. The van der Waals surface area contributed by atoms with E-state index in [1.807, 2.05) is 44.5 Å². The highest BCUT2D eigenvalue weighted by atomic mass is 14.8. The van der Waals surface area contributed by atoms with Crippen LogP contribution in [0.15, 0.2) is 91.8 Å². The first-order valence-corrected chi connectivity index (χ1v) is 11.2. The van der Waals surface area contributed by atoms with Gasteiger partial charge in [0.15, 0.2) is 0 Å². The first kappa shape index (κ1) is 25.3. The third-order valence-corrected chi connectivity index (χ3v) is 5.66. The van der Waals surface area contributed by atoms with Crippen LogP contribution < -0.4 is 11.1 Å². The van der Waals surface area contributed by atoms with E-state index in [9.17, 15) is 5.26 Å². The van der Waals surface area contributed by atoms with Crippen molar-refractivity contribution in [2.24, 2.45) is 11.7 Å². The number of para-hydroxylation sites is 1. The van der Waals surface area contributed by atoms with E-state index in [1.165, 1.54) is 11.8 Å². The van der Waals surface area contributed by atoms with E-state index in [0.29, 0.717) is 11.5 Å². The predicted molar refractivity (Wildman–Crippen MR) is 144 cm³/mol. The number of aromatic nitrogens is 1. The van der Waals surface area contributed by atoms with Crippen molar-refractivity contribution in [2.45, 2.75) is 26.7 Å². The van der Waals surface area contributed by atoms with Gasteiger partial charge in [0.05, 0.1) is 11.6 Å². The van der Waals surface area contributed by atoms with Crippen LogP contribution in [0.2, 0.25) is 0 Å². The van der Waals surface area contributed by atoms with Crippen LogP contribution in [-0.4, -0.2) is 12.0 Å². The standard InChI is InChI=1S/C27H29N3.C2H5N/c1-5-10-19(6-2)20(7-3)15-22(17-28)25-18-30-27-14-13-21(16-24(25)27)23-11-8-9-12-26(23)29-4;1-2-3/h5,7-9,11-16,18-19,29-30H,1,6,10H2,2-4H3;2H,1,3H2/b20-7-,22-15+;. The molecule has 0 aliphatic carbocycles. The lowest BCUT2D eigenvalue weighted by Gasteiger charge is -2.14. The Balaban J connectivity index is 0.00000122. The Morgan fingerprint density at radius 1 is 1.24 bits per heavy atom. The molecule has 0 fully saturated rings. The molecule has 0 bridgehead atoms. The summed E-state index contributed by atoms with van der Waals surface area (Å²) >= 11 is 0. The number of H-pyrrole nitrogens is 1. The summed E-state index contributed by atoms with van der Waals surface area (Å²) in [4.78, 5) is 3.33. The Kier molecular flexibility index (Phi) is 9.80. The fraction of sp³-hybridized carbons (Fsp3) is 0.207. The molecule has 3 rings (SSSR count). The van der Waals surface area contributed by atoms with Crippen LogP contribution >= 0.6 is 0 Å². The molecule has 4 heteroatoms. The number of hydrogen-bond donors (Lipinski definition) is 3. The van der Waals surface area contributed by atoms with E-state index in [0.717, 1.165) is 46.1 Å². The fourth-order valence-corrected chi connectivity index (χ4v) is 3.98. The second kappa shape index (κ2) is 12.8. The van der Waals surface area contributed by atoms with Gasteiger partial charge in [-0.05, 0) is 67.3 Å². The van der Waals surface area contributed by atoms with Crippen molar-refractivity contribution in [3.05, 3.63) is 97.4 Å². The van der Waals surface area contributed by atoms with Crippen molar-refractivity contribution < 1.29 is 0 Å². The average Bonchev–Trinajstić information content (AvgIpc) is 3.27. The topological polar surface area (TPSA) is 77.6 Å². The van der Waals surface area contributed by atoms with E-state index in [4.69, 9.17) is 0 Å². The van der Waals surface area contributed by atoms with Gasteiger partial charge in [-0.25, -0.2) is 0 Å². The first-order chi connectivity index (χ1) is 16.1. The van der Waals surface area contributed by atoms with Crippen molar-refractivity contribution >= 4 is 22.2 Å². The summed E-state index contributed by atoms with van der Waals surface area (Å²) in [5.74, 6) is 0.374. The van der Waals surface area contributed by atoms with Crippen molar-refractivity contribution in [1.82, 2.24) is 4.98 Å². The number of allylic oxidation sites excluding steroid dienone is 5. The van der Waals surface area contributed by atoms with Crippen LogP contribution in [0.4, 0.5) is 5.69 Å². The van der Waals surface area contributed by atoms with E-state index < -0.39 is 0 Å². The van der Waals surface area contributed by atoms with E-state index in [-0.39, 0.29) is 0 Å². The molecule has 0 saturated carbocycles. The van der Waals surface area contributed by atoms with Gasteiger partial charge in [0.25, 0.3) is 0 Å². The van der Waals surface area contributed by atoms with Gasteiger partial charge in [-0.1, -0.05) is 49.9 Å². The summed E-state index contributed by atoms with van der Waals surface area (Å²) in [6.45, 7) is 11.2. The minimum atomic E-state index is 0.374. The highest BCUT2D eigenvalue weighted by Crippen LogP contribution is 2.34. The van der Waals surface area contributed by atoms with Gasteiger partial charge in [-0.15, -0.1) is 6.58 Å². The molecule has 33 heavy (non-hydrogen) atoms. The molecule has 1 unspecified atom stereocenters. The maximum absolute atomic E-state index is 9.97. The molecule has 170 valence electrons. The number of fused-ring (bicyclic) bond motifs is 1. The second-order valence-corrected chi connectivity index (χ2v) is 7.58. The molecule has 1 heterocycles. The van der Waals surface area contributed by atoms with Gasteiger partial charge >= 0.3 is 0 Å². The highest BCUT2D eigenvalue weighted by molar-refractivity contribution is 5.99. The van der Waals surface area contributed by atoms with Gasteiger partial charge in [-0.3, -0.25) is 0 Å². The van der Waals surface area contributed by atoms with Gasteiger partial charge in [-0.2, -0.15) is 5.26 Å². The van der Waals surface area contributed by atoms with Crippen LogP contribution in [0.5, 0.6) is 0 Å². The largest absolute Gasteiger partial charge is 0.405 e. The summed E-state index contributed by atoms with van der Waals surface area (Å²) < 4.78 is 0. The zero-order valence-corrected chi connectivity index (χ0v) is 19.9. The van der Waals surface area contributed by atoms with Crippen LogP contribution in [0.3, 0.4) is 0 Å². The van der Waals surface area contributed by atoms with E-state index in [2.05, 4.69) is 78.6 Å². The number of rotatable bonds is 8. The molecule has 0 radical (unpaired) electrons. The van der Waals surface area contributed by atoms with E-state index >= 15 is 0 Å². The number of nitriles is 1. The minimum Gasteiger partial charge on any atom is -0.405 e. The van der Waals surface area contributed by atoms with Gasteiger partial charge in [0.2, 0.25) is 0 Å². The van der Waals surface area contributed by atoms with Crippen LogP contribution in [0, 0.1) is 17.2 Å². The maximum atomic E-state index is 9.97. The number of nitrogens with one attached hydrogen (secondary N) is 2. The number of hydrogen-bond acceptors (Lipinski definition) is 3. The van der Waals surface area contributed by atoms with Crippen molar-refractivity contribution in [3.63, 3.8) is 0 Å². The summed E-state index contributed by atoms with van der Waals surface area (Å²) in [7, 11) is 1.93. The summed E-state index contributed by atoms with van der Waals surface area (Å²) in [5, 5.41) is 14.3. The Morgan fingerprint density at radius 2 is 1.97 bits per heavy atom. The predicted octanol–water partition coefficient (Wildman–Crippen LogP) is 7.42. The quantitative estimate of drug-likeness (QED) is 0.194. The summed E-state index contributed by atoms with van der Waals surface area (Å²) in [6.07, 6.45) is 11.2. The first-order valence-electron chi connectivity index (χ1n) is 11.2.